The van der Waals surface area contributed by atoms with Crippen LogP contribution in [-0.4, -0.2) is 197 Å². The predicted molar refractivity (Wildman–Crippen MR) is 345 cm³/mol. The van der Waals surface area contributed by atoms with Crippen molar-refractivity contribution in [1.82, 2.24) is 5.06 Å². The molecule has 0 spiro atoms. The Bertz CT molecular complexity index is 4400. The lowest BCUT2D eigenvalue weighted by Crippen LogP contribution is -2.32. The second-order valence-electron chi connectivity index (χ2n) is 23.4. The number of methoxy groups -OCH3 is 1. The topological polar surface area (TPSA) is 397 Å². The third-order valence-corrected chi connectivity index (χ3v) is 21.3. The molecule has 1 aliphatic carbocycles. The molecule has 0 radical (unpaired) electrons. The van der Waals surface area contributed by atoms with Gasteiger partial charge in [0.2, 0.25) is 5.69 Å². The van der Waals surface area contributed by atoms with Gasteiger partial charge in [0.1, 0.15) is 16.3 Å². The molecule has 5 N–H and O–H groups in total. The third kappa shape index (κ3) is 18.0. The van der Waals surface area contributed by atoms with E-state index in [2.05, 4.69) is 0 Å². The number of hydrogen-bond donors (Lipinski definition) is 5. The predicted octanol–water partition coefficient (Wildman–Crippen LogP) is 6.96. The minimum atomic E-state index is -5.18. The van der Waals surface area contributed by atoms with Crippen molar-refractivity contribution in [3.63, 3.8) is 0 Å². The Kier molecular flexibility index (Phi) is 24.3. The molecule has 95 heavy (non-hydrogen) atoms. The average Bonchev–Trinajstić information content (AvgIpc) is 1.60. The monoisotopic (exact) mass is 1440 g/mol. The Labute approximate surface area is 555 Å². The van der Waals surface area contributed by atoms with Gasteiger partial charge in [-0.15, -0.1) is 5.06 Å². The second-order valence-corrected chi connectivity index (χ2v) is 30.9. The van der Waals surface area contributed by atoms with Gasteiger partial charge in [0, 0.05) is 83.2 Å². The molecule has 0 saturated carbocycles. The summed E-state index contributed by atoms with van der Waals surface area (Å²) in [5, 5.41) is 0.495. The summed E-state index contributed by atoms with van der Waals surface area (Å²) in [6.45, 7) is 8.61. The van der Waals surface area contributed by atoms with Crippen molar-refractivity contribution in [2.45, 2.75) is 109 Å². The van der Waals surface area contributed by atoms with Crippen molar-refractivity contribution in [2.75, 3.05) is 104 Å². The summed E-state index contributed by atoms with van der Waals surface area (Å²) in [7, 11) is -23.5. The van der Waals surface area contributed by atoms with Crippen LogP contribution in [0.15, 0.2) is 114 Å². The zero-order valence-corrected chi connectivity index (χ0v) is 57.2. The molecule has 1 fully saturated rings. The Balaban J connectivity index is 1.16. The first-order chi connectivity index (χ1) is 44.6. The number of rotatable bonds is 34. The van der Waals surface area contributed by atoms with Crippen LogP contribution in [0, 0.1) is 0 Å². The lowest BCUT2D eigenvalue weighted by molar-refractivity contribution is -0.438. The van der Waals surface area contributed by atoms with E-state index >= 15 is 0 Å². The van der Waals surface area contributed by atoms with E-state index in [-0.39, 0.29) is 117 Å². The molecule has 0 bridgehead atoms. The van der Waals surface area contributed by atoms with Crippen molar-refractivity contribution >= 4 is 119 Å². The summed E-state index contributed by atoms with van der Waals surface area (Å²) in [6, 6.07) is 9.22. The number of amides is 2. The van der Waals surface area contributed by atoms with E-state index in [1.807, 2.05) is 4.90 Å². The summed E-state index contributed by atoms with van der Waals surface area (Å²) in [6.07, 6.45) is 7.53. The molecule has 1 unspecified atom stereocenters. The number of imide groups is 1. The third-order valence-electron chi connectivity index (χ3n) is 16.6. The van der Waals surface area contributed by atoms with Gasteiger partial charge in [0.05, 0.1) is 100 Å². The first kappa shape index (κ1) is 74.8. The molecule has 3 aliphatic heterocycles. The van der Waals surface area contributed by atoms with Crippen LogP contribution in [0.2, 0.25) is 0 Å². The highest BCUT2D eigenvalue weighted by molar-refractivity contribution is 7.87. The maximum atomic E-state index is 13.1. The molecule has 520 valence electrons. The molecular formula is C61H75ClN3O25S5+. The standard InChI is InChI=1S/C61H74ClN3O25S5/c1-60(2)52(63(22-6-10-56(68)90-65-54(66)19-20-55(65)67)48-15-13-44-46(57(48)60)36-42(92(72,73)74)38-50(44)94(78,79)80)17-11-40-8-5-9-41(59(40)62)12-18-53-61(3,21-7-35-91(69,70)71)58-47-37-43(93(75,76)77)39-51(95(81,82)83)45(47)14-16-49(58)64(53)23-24-85-27-28-87-31-32-89-34-33-88-30-29-86-26-25-84-4/h11-18,36-39H,5-10,19-35H2,1-4H3,(H4-,69,70,71,72,73,74,75,76,77,78,79,80,81,82,83)/p+1. The minimum absolute atomic E-state index is 0.0236. The summed E-state index contributed by atoms with van der Waals surface area (Å²) in [5.41, 5.74) is 1.03. The second kappa shape index (κ2) is 30.8. The van der Waals surface area contributed by atoms with Gasteiger partial charge >= 0.3 is 5.97 Å². The fourth-order valence-corrected chi connectivity index (χ4v) is 15.7. The molecule has 3 heterocycles. The quantitative estimate of drug-likeness (QED) is 0.0136. The number of allylic oxidation sites excluding steroid dienone is 8. The Hall–Kier alpha value is -5.96. The number of fused-ring (bicyclic) bond motifs is 6. The fraction of sp³-hybridized carbons (Fsp3) is 0.475. The molecule has 4 aliphatic rings. The fourth-order valence-electron chi connectivity index (χ4n) is 12.2. The maximum Gasteiger partial charge on any atom is 0.333 e. The summed E-state index contributed by atoms with van der Waals surface area (Å²) in [5.74, 6) is -2.96. The van der Waals surface area contributed by atoms with E-state index in [4.69, 9.17) is 44.9 Å². The molecule has 1 saturated heterocycles. The van der Waals surface area contributed by atoms with E-state index in [1.165, 1.54) is 12.1 Å². The van der Waals surface area contributed by atoms with Crippen molar-refractivity contribution in [1.29, 1.82) is 0 Å². The van der Waals surface area contributed by atoms with Crippen LogP contribution in [0.1, 0.15) is 89.7 Å². The number of hydrogen-bond acceptors (Lipinski definition) is 21. The van der Waals surface area contributed by atoms with Gasteiger partial charge in [-0.2, -0.15) is 46.7 Å². The van der Waals surface area contributed by atoms with E-state index in [9.17, 15) is 79.2 Å². The zero-order chi connectivity index (χ0) is 69.5. The van der Waals surface area contributed by atoms with Gasteiger partial charge in [0.25, 0.3) is 62.4 Å². The highest BCUT2D eigenvalue weighted by Gasteiger charge is 2.48. The van der Waals surface area contributed by atoms with Gasteiger partial charge in [-0.3, -0.25) is 32.4 Å². The first-order valence-electron chi connectivity index (χ1n) is 30.0. The smallest absolute Gasteiger partial charge is 0.333 e. The molecule has 4 aromatic carbocycles. The average molecular weight is 1450 g/mol. The largest absolute Gasteiger partial charge is 0.382 e. The van der Waals surface area contributed by atoms with Gasteiger partial charge in [-0.25, -0.2) is 4.79 Å². The van der Waals surface area contributed by atoms with Crippen LogP contribution in [0.5, 0.6) is 0 Å². The number of benzene rings is 4. The molecule has 2 amide bonds. The van der Waals surface area contributed by atoms with E-state index in [1.54, 1.807) is 68.9 Å². The zero-order valence-electron chi connectivity index (χ0n) is 52.4. The summed E-state index contributed by atoms with van der Waals surface area (Å²) in [4.78, 5) is 41.2. The summed E-state index contributed by atoms with van der Waals surface area (Å²) < 4.78 is 214. The van der Waals surface area contributed by atoms with Crippen LogP contribution in [0.3, 0.4) is 0 Å². The highest BCUT2D eigenvalue weighted by Crippen LogP contribution is 2.55. The van der Waals surface area contributed by atoms with Crippen LogP contribution in [0.25, 0.3) is 21.5 Å². The molecule has 4 aromatic rings. The van der Waals surface area contributed by atoms with E-state index < -0.39 is 105 Å². The van der Waals surface area contributed by atoms with Crippen molar-refractivity contribution < 1.29 is 117 Å². The van der Waals surface area contributed by atoms with E-state index in [0.29, 0.717) is 116 Å². The SMILES string of the molecule is COCCOCCOCCOCCOCCOCCN1/C(=C/C=C2\CCCC(/C=C/C3=[N+](CCCC(=O)ON4C(=O)CCC4=O)c4ccc5c(S(=O)(=O)O)cc(S(=O)(=O)O)cc5c4C3(C)C)=C2Cl)C(C)(CCCS(=O)(=O)O)c2c1ccc1c(S(=O)(=O)O)cc(S(=O)(=O)O)cc21. The number of hydroxylamine groups is 2. The van der Waals surface area contributed by atoms with Crippen LogP contribution >= 0.6 is 11.6 Å². The highest BCUT2D eigenvalue weighted by atomic mass is 35.5. The van der Waals surface area contributed by atoms with Crippen molar-refractivity contribution in [3.8, 4) is 0 Å². The summed E-state index contributed by atoms with van der Waals surface area (Å²) >= 11 is 7.39. The molecule has 0 aromatic heterocycles. The molecular weight excluding hydrogens is 1370 g/mol. The van der Waals surface area contributed by atoms with Gasteiger partial charge in [0.15, 0.2) is 5.71 Å². The molecule has 8 rings (SSSR count). The minimum Gasteiger partial charge on any atom is -0.382 e. The Morgan fingerprint density at radius 3 is 1.64 bits per heavy atom. The van der Waals surface area contributed by atoms with Crippen molar-refractivity contribution in [2.24, 2.45) is 0 Å². The molecule has 1 atom stereocenters. The normalized spacial score (nSPS) is 18.9. The molecule has 28 nitrogen and oxygen atoms in total. The van der Waals surface area contributed by atoms with Gasteiger partial charge < -0.3 is 38.2 Å². The maximum absolute atomic E-state index is 13.1. The number of ether oxygens (including phenoxy) is 6. The van der Waals surface area contributed by atoms with Gasteiger partial charge in [-0.05, 0) is 123 Å². The Morgan fingerprint density at radius 1 is 0.611 bits per heavy atom. The van der Waals surface area contributed by atoms with Crippen molar-refractivity contribution in [3.05, 3.63) is 106 Å². The lowest BCUT2D eigenvalue weighted by Gasteiger charge is -2.31. The number of anilines is 1. The number of carbonyl (C=O) groups excluding carboxylic acids is 3. The Morgan fingerprint density at radius 2 is 1.13 bits per heavy atom. The van der Waals surface area contributed by atoms with Crippen LogP contribution < -0.4 is 4.90 Å². The first-order valence-corrected chi connectivity index (χ1v) is 37.8. The van der Waals surface area contributed by atoms with Crippen LogP contribution in [0.4, 0.5) is 11.4 Å². The number of nitrogens with zero attached hydrogens (tertiary/aromatic N) is 3. The van der Waals surface area contributed by atoms with E-state index in [0.717, 1.165) is 12.1 Å². The number of carbonyl (C=O) groups is 3. The lowest BCUT2D eigenvalue weighted by atomic mass is 9.75. The van der Waals surface area contributed by atoms with Gasteiger partial charge in [-0.1, -0.05) is 29.8 Å². The van der Waals surface area contributed by atoms with Crippen LogP contribution in [-0.2, 0) is 109 Å². The number of halogens is 1. The molecule has 34 heteroatoms.